The van der Waals surface area contributed by atoms with Crippen molar-refractivity contribution in [2.24, 2.45) is 0 Å². The van der Waals surface area contributed by atoms with Gasteiger partial charge in [0.1, 0.15) is 11.0 Å². The van der Waals surface area contributed by atoms with Crippen molar-refractivity contribution in [1.82, 2.24) is 8.75 Å². The van der Waals surface area contributed by atoms with Crippen LogP contribution in [0, 0.1) is 0 Å². The number of hydrogen-bond donors (Lipinski definition) is 1. The Balaban J connectivity index is 1.63. The number of hydrogen-bond acceptors (Lipinski definition) is 6. The van der Waals surface area contributed by atoms with Crippen molar-refractivity contribution in [3.05, 3.63) is 48.0 Å². The summed E-state index contributed by atoms with van der Waals surface area (Å²) in [6.07, 6.45) is 0. The number of fused-ring (bicyclic) bond motifs is 1. The second-order valence-electron chi connectivity index (χ2n) is 5.51. The molecular weight excluding hydrogens is 324 g/mol. The van der Waals surface area contributed by atoms with E-state index in [1.54, 1.807) is 6.07 Å². The molecule has 0 unspecified atom stereocenters. The topological polar surface area (TPSA) is 67.4 Å². The third-order valence-electron chi connectivity index (χ3n) is 4.03. The standard InChI is InChI=1S/C17H16N4O2S/c22-17(12-4-3-6-14-16(12)20-24-19-14)18-13-5-1-2-7-15(13)21-8-10-23-11-9-21/h1-7H,8-11H2,(H,18,22). The predicted octanol–water partition coefficient (Wildman–Crippen LogP) is 2.78. The van der Waals surface area contributed by atoms with Crippen LogP contribution in [-0.2, 0) is 4.74 Å². The van der Waals surface area contributed by atoms with Gasteiger partial charge in [-0.1, -0.05) is 18.2 Å². The highest BCUT2D eigenvalue weighted by molar-refractivity contribution is 7.00. The summed E-state index contributed by atoms with van der Waals surface area (Å²) < 4.78 is 13.8. The summed E-state index contributed by atoms with van der Waals surface area (Å²) in [5.74, 6) is -0.172. The molecule has 7 heteroatoms. The van der Waals surface area contributed by atoms with E-state index in [1.165, 1.54) is 0 Å². The summed E-state index contributed by atoms with van der Waals surface area (Å²) in [7, 11) is 0. The van der Waals surface area contributed by atoms with E-state index in [1.807, 2.05) is 36.4 Å². The first-order valence-electron chi connectivity index (χ1n) is 7.77. The smallest absolute Gasteiger partial charge is 0.258 e. The zero-order chi connectivity index (χ0) is 16.4. The van der Waals surface area contributed by atoms with Crippen LogP contribution in [0.1, 0.15) is 10.4 Å². The molecule has 122 valence electrons. The van der Waals surface area contributed by atoms with Gasteiger partial charge in [-0.2, -0.15) is 8.75 Å². The van der Waals surface area contributed by atoms with Gasteiger partial charge in [-0.3, -0.25) is 4.79 Å². The van der Waals surface area contributed by atoms with Gasteiger partial charge >= 0.3 is 0 Å². The minimum Gasteiger partial charge on any atom is -0.378 e. The van der Waals surface area contributed by atoms with Crippen molar-refractivity contribution < 1.29 is 9.53 Å². The predicted molar refractivity (Wildman–Crippen MR) is 94.8 cm³/mol. The Labute approximate surface area is 143 Å². The molecule has 0 radical (unpaired) electrons. The maximum atomic E-state index is 12.7. The number of carbonyl (C=O) groups excluding carboxylic acids is 1. The van der Waals surface area contributed by atoms with Crippen molar-refractivity contribution in [1.29, 1.82) is 0 Å². The van der Waals surface area contributed by atoms with Crippen LogP contribution >= 0.6 is 11.7 Å². The van der Waals surface area contributed by atoms with Gasteiger partial charge in [0.15, 0.2) is 0 Å². The van der Waals surface area contributed by atoms with Gasteiger partial charge in [0.2, 0.25) is 0 Å². The van der Waals surface area contributed by atoms with Crippen LogP contribution in [0.3, 0.4) is 0 Å². The highest BCUT2D eigenvalue weighted by Gasteiger charge is 2.18. The van der Waals surface area contributed by atoms with Crippen LogP contribution < -0.4 is 10.2 Å². The van der Waals surface area contributed by atoms with Crippen LogP contribution in [-0.4, -0.2) is 41.0 Å². The van der Waals surface area contributed by atoms with Gasteiger partial charge in [0.05, 0.1) is 41.9 Å². The minimum atomic E-state index is -0.172. The molecule has 0 bridgehead atoms. The Morgan fingerprint density at radius 1 is 1.08 bits per heavy atom. The van der Waals surface area contributed by atoms with Crippen molar-refractivity contribution in [3.8, 4) is 0 Å². The number of nitrogens with one attached hydrogen (secondary N) is 1. The summed E-state index contributed by atoms with van der Waals surface area (Å²) in [6.45, 7) is 3.04. The van der Waals surface area contributed by atoms with Crippen LogP contribution in [0.5, 0.6) is 0 Å². The molecule has 6 nitrogen and oxygen atoms in total. The Morgan fingerprint density at radius 3 is 2.79 bits per heavy atom. The molecule has 1 fully saturated rings. The zero-order valence-corrected chi connectivity index (χ0v) is 13.8. The van der Waals surface area contributed by atoms with Crippen LogP contribution in [0.15, 0.2) is 42.5 Å². The van der Waals surface area contributed by atoms with Gasteiger partial charge < -0.3 is 15.0 Å². The summed E-state index contributed by atoms with van der Waals surface area (Å²) in [5.41, 5.74) is 3.73. The molecule has 4 rings (SSSR count). The van der Waals surface area contributed by atoms with Gasteiger partial charge in [-0.15, -0.1) is 0 Å². The van der Waals surface area contributed by atoms with E-state index in [0.717, 1.165) is 41.7 Å². The number of carbonyl (C=O) groups is 1. The lowest BCUT2D eigenvalue weighted by Crippen LogP contribution is -2.36. The lowest BCUT2D eigenvalue weighted by molar-refractivity contribution is 0.102. The van der Waals surface area contributed by atoms with Crippen molar-refractivity contribution in [3.63, 3.8) is 0 Å². The maximum absolute atomic E-state index is 12.7. The van der Waals surface area contributed by atoms with Crippen LogP contribution in [0.4, 0.5) is 11.4 Å². The van der Waals surface area contributed by atoms with E-state index >= 15 is 0 Å². The van der Waals surface area contributed by atoms with Crippen molar-refractivity contribution in [2.45, 2.75) is 0 Å². The fourth-order valence-corrected chi connectivity index (χ4v) is 3.39. The molecule has 0 aliphatic carbocycles. The molecule has 2 heterocycles. The number of nitrogens with zero attached hydrogens (tertiary/aromatic N) is 3. The average Bonchev–Trinajstić information content (AvgIpc) is 3.11. The molecule has 0 atom stereocenters. The fourth-order valence-electron chi connectivity index (χ4n) is 2.84. The lowest BCUT2D eigenvalue weighted by atomic mass is 10.1. The number of morpholine rings is 1. The Morgan fingerprint density at radius 2 is 1.92 bits per heavy atom. The summed E-state index contributed by atoms with van der Waals surface area (Å²) in [6, 6.07) is 13.3. The zero-order valence-electron chi connectivity index (χ0n) is 12.9. The highest BCUT2D eigenvalue weighted by Crippen LogP contribution is 2.27. The lowest BCUT2D eigenvalue weighted by Gasteiger charge is -2.30. The first-order chi connectivity index (χ1) is 11.8. The van der Waals surface area contributed by atoms with Crippen LogP contribution in [0.2, 0.25) is 0 Å². The van der Waals surface area contributed by atoms with Gasteiger partial charge in [-0.05, 0) is 24.3 Å². The first kappa shape index (κ1) is 15.0. The highest BCUT2D eigenvalue weighted by atomic mass is 32.1. The number of rotatable bonds is 3. The molecule has 2 aromatic carbocycles. The number of anilines is 2. The molecule has 1 saturated heterocycles. The molecule has 24 heavy (non-hydrogen) atoms. The monoisotopic (exact) mass is 340 g/mol. The van der Waals surface area contributed by atoms with E-state index in [4.69, 9.17) is 4.74 Å². The van der Waals surface area contributed by atoms with Crippen molar-refractivity contribution in [2.75, 3.05) is 36.5 Å². The molecule has 0 saturated carbocycles. The first-order valence-corrected chi connectivity index (χ1v) is 8.50. The number of aromatic nitrogens is 2. The van der Waals surface area contributed by atoms with Crippen molar-refractivity contribution >= 4 is 40.0 Å². The summed E-state index contributed by atoms with van der Waals surface area (Å²) >= 11 is 1.11. The van der Waals surface area contributed by atoms with Gasteiger partial charge in [0.25, 0.3) is 5.91 Å². The molecule has 1 amide bonds. The Kier molecular flexibility index (Phi) is 4.10. The third-order valence-corrected chi connectivity index (χ3v) is 4.58. The third kappa shape index (κ3) is 2.83. The molecular formula is C17H16N4O2S. The minimum absolute atomic E-state index is 0.172. The molecule has 3 aromatic rings. The molecule has 0 spiro atoms. The molecule has 1 aliphatic heterocycles. The summed E-state index contributed by atoms with van der Waals surface area (Å²) in [4.78, 5) is 15.0. The largest absolute Gasteiger partial charge is 0.378 e. The summed E-state index contributed by atoms with van der Waals surface area (Å²) in [5, 5.41) is 3.02. The quantitative estimate of drug-likeness (QED) is 0.794. The second kappa shape index (κ2) is 6.54. The van der Waals surface area contributed by atoms with E-state index in [9.17, 15) is 4.79 Å². The Hall–Kier alpha value is -2.51. The Bertz CT molecular complexity index is 874. The molecule has 1 aromatic heterocycles. The fraction of sp³-hybridized carbons (Fsp3) is 0.235. The van der Waals surface area contributed by atoms with E-state index in [2.05, 4.69) is 19.0 Å². The van der Waals surface area contributed by atoms with Crippen LogP contribution in [0.25, 0.3) is 11.0 Å². The van der Waals surface area contributed by atoms with E-state index in [0.29, 0.717) is 24.3 Å². The number of amides is 1. The van der Waals surface area contributed by atoms with Gasteiger partial charge in [-0.25, -0.2) is 0 Å². The normalized spacial score (nSPS) is 14.8. The molecule has 1 N–H and O–H groups in total. The SMILES string of the molecule is O=C(Nc1ccccc1N1CCOCC1)c1cccc2nsnc12. The number of ether oxygens (including phenoxy) is 1. The number of benzene rings is 2. The number of para-hydroxylation sites is 2. The average molecular weight is 340 g/mol. The molecule has 1 aliphatic rings. The second-order valence-corrected chi connectivity index (χ2v) is 6.04. The maximum Gasteiger partial charge on any atom is 0.258 e. The van der Waals surface area contributed by atoms with E-state index in [-0.39, 0.29) is 5.91 Å². The van der Waals surface area contributed by atoms with E-state index < -0.39 is 0 Å². The van der Waals surface area contributed by atoms with Gasteiger partial charge in [0, 0.05) is 13.1 Å².